The van der Waals surface area contributed by atoms with Gasteiger partial charge in [-0.3, -0.25) is 0 Å². The van der Waals surface area contributed by atoms with Crippen molar-refractivity contribution in [3.63, 3.8) is 0 Å². The topological polar surface area (TPSA) is 86.5 Å². The highest BCUT2D eigenvalue weighted by Crippen LogP contribution is 2.20. The largest absolute Gasteiger partial charge is 0.459 e. The number of hydrogen-bond donors (Lipinski definition) is 1. The van der Waals surface area contributed by atoms with E-state index in [1.54, 1.807) is 0 Å². The molecule has 1 aromatic rings. The van der Waals surface area contributed by atoms with Crippen LogP contribution in [-0.4, -0.2) is 20.5 Å². The lowest BCUT2D eigenvalue weighted by Crippen LogP contribution is -2.19. The Hall–Kier alpha value is -1.54. The Bertz CT molecular complexity index is 584. The summed E-state index contributed by atoms with van der Waals surface area (Å²) in [6, 6.07) is 0.950. The van der Waals surface area contributed by atoms with Crippen molar-refractivity contribution in [2.45, 2.75) is 24.8 Å². The number of nitrogens with two attached hydrogens (primary N) is 1. The van der Waals surface area contributed by atoms with Crippen LogP contribution in [0.1, 0.15) is 24.2 Å². The summed E-state index contributed by atoms with van der Waals surface area (Å²) in [7, 11) is -4.46. The molecule has 0 aliphatic heterocycles. The van der Waals surface area contributed by atoms with E-state index in [4.69, 9.17) is 5.14 Å². The van der Waals surface area contributed by atoms with Crippen LogP contribution in [0.3, 0.4) is 0 Å². The van der Waals surface area contributed by atoms with Crippen LogP contribution in [0.2, 0.25) is 0 Å². The van der Waals surface area contributed by atoms with Crippen LogP contribution in [0.25, 0.3) is 0 Å². The van der Waals surface area contributed by atoms with E-state index < -0.39 is 44.2 Å². The number of esters is 1. The third-order valence-electron chi connectivity index (χ3n) is 1.87. The summed E-state index contributed by atoms with van der Waals surface area (Å²) in [6.07, 6.45) is -0.557. The van der Waals surface area contributed by atoms with Crippen molar-refractivity contribution < 1.29 is 26.7 Å². The van der Waals surface area contributed by atoms with E-state index in [-0.39, 0.29) is 0 Å². The number of carbonyl (C=O) groups is 1. The molecule has 2 N–H and O–H groups in total. The number of hydrogen-bond acceptors (Lipinski definition) is 4. The quantitative estimate of drug-likeness (QED) is 0.842. The first-order valence-corrected chi connectivity index (χ1v) is 6.40. The Labute approximate surface area is 103 Å². The van der Waals surface area contributed by atoms with Gasteiger partial charge in [-0.15, -0.1) is 0 Å². The average Bonchev–Trinajstić information content (AvgIpc) is 2.18. The third-order valence-corrected chi connectivity index (χ3v) is 2.78. The molecular formula is C10H11F2NO4S. The van der Waals surface area contributed by atoms with Gasteiger partial charge in [-0.05, 0) is 26.0 Å². The van der Waals surface area contributed by atoms with E-state index in [1.165, 1.54) is 13.8 Å². The lowest BCUT2D eigenvalue weighted by molar-refractivity contribution is 0.0371. The fourth-order valence-electron chi connectivity index (χ4n) is 1.20. The highest BCUT2D eigenvalue weighted by atomic mass is 32.2. The highest BCUT2D eigenvalue weighted by Gasteiger charge is 2.24. The molecule has 0 saturated carbocycles. The molecule has 8 heteroatoms. The summed E-state index contributed by atoms with van der Waals surface area (Å²) in [6.45, 7) is 3.02. The van der Waals surface area contributed by atoms with E-state index in [0.29, 0.717) is 12.1 Å². The first kappa shape index (κ1) is 14.5. The van der Waals surface area contributed by atoms with Gasteiger partial charge in [0.05, 0.1) is 11.7 Å². The van der Waals surface area contributed by atoms with Crippen LogP contribution in [0, 0.1) is 11.6 Å². The Morgan fingerprint density at radius 2 is 1.89 bits per heavy atom. The number of sulfonamides is 1. The van der Waals surface area contributed by atoms with Gasteiger partial charge in [0, 0.05) is 0 Å². The maximum absolute atomic E-state index is 13.7. The molecule has 1 aromatic carbocycles. The smallest absolute Gasteiger partial charge is 0.341 e. The molecule has 0 saturated heterocycles. The zero-order chi connectivity index (χ0) is 14.1. The van der Waals surface area contributed by atoms with Crippen molar-refractivity contribution >= 4 is 16.0 Å². The van der Waals surface area contributed by atoms with E-state index in [9.17, 15) is 22.0 Å². The molecule has 5 nitrogen and oxygen atoms in total. The second kappa shape index (κ2) is 4.99. The molecule has 1 rings (SSSR count). The van der Waals surface area contributed by atoms with Crippen LogP contribution in [-0.2, 0) is 14.8 Å². The Morgan fingerprint density at radius 1 is 1.33 bits per heavy atom. The van der Waals surface area contributed by atoms with Crippen LogP contribution >= 0.6 is 0 Å². The average molecular weight is 279 g/mol. The van der Waals surface area contributed by atoms with Gasteiger partial charge < -0.3 is 4.74 Å². The number of ether oxygens (including phenoxy) is 1. The molecule has 0 spiro atoms. The molecule has 0 fully saturated rings. The molecule has 0 radical (unpaired) electrons. The maximum Gasteiger partial charge on any atom is 0.341 e. The van der Waals surface area contributed by atoms with Gasteiger partial charge in [-0.1, -0.05) is 0 Å². The molecule has 0 aromatic heterocycles. The summed E-state index contributed by atoms with van der Waals surface area (Å²) in [5.74, 6) is -3.69. The van der Waals surface area contributed by atoms with Gasteiger partial charge in [0.15, 0.2) is 5.82 Å². The minimum atomic E-state index is -4.46. The fourth-order valence-corrected chi connectivity index (χ4v) is 1.83. The number of benzene rings is 1. The Balaban J connectivity index is 3.39. The molecule has 0 aliphatic rings. The highest BCUT2D eigenvalue weighted by molar-refractivity contribution is 7.89. The van der Waals surface area contributed by atoms with Crippen molar-refractivity contribution in [2.75, 3.05) is 0 Å². The lowest BCUT2D eigenvalue weighted by atomic mass is 10.2. The van der Waals surface area contributed by atoms with Crippen LogP contribution < -0.4 is 5.14 Å². The predicted molar refractivity (Wildman–Crippen MR) is 58.3 cm³/mol. The summed E-state index contributed by atoms with van der Waals surface area (Å²) >= 11 is 0. The van der Waals surface area contributed by atoms with Crippen molar-refractivity contribution in [1.29, 1.82) is 0 Å². The molecule has 0 unspecified atom stereocenters. The summed E-state index contributed by atoms with van der Waals surface area (Å²) in [5, 5.41) is 4.71. The van der Waals surface area contributed by atoms with Gasteiger partial charge in [0.1, 0.15) is 10.7 Å². The Kier molecular flexibility index (Phi) is 4.02. The molecule has 0 heterocycles. The monoisotopic (exact) mass is 279 g/mol. The zero-order valence-electron chi connectivity index (χ0n) is 9.61. The summed E-state index contributed by atoms with van der Waals surface area (Å²) in [5.41, 5.74) is -0.812. The van der Waals surface area contributed by atoms with E-state index >= 15 is 0 Å². The Morgan fingerprint density at radius 3 is 2.33 bits per heavy atom. The van der Waals surface area contributed by atoms with Gasteiger partial charge in [0.2, 0.25) is 10.0 Å². The van der Waals surface area contributed by atoms with Crippen molar-refractivity contribution in [2.24, 2.45) is 5.14 Å². The maximum atomic E-state index is 13.7. The predicted octanol–water partition coefficient (Wildman–Crippen LogP) is 1.18. The fraction of sp³-hybridized carbons (Fsp3) is 0.300. The number of carbonyl (C=O) groups excluding carboxylic acids is 1. The van der Waals surface area contributed by atoms with Crippen LogP contribution in [0.4, 0.5) is 8.78 Å². The molecule has 0 bridgehead atoms. The zero-order valence-corrected chi connectivity index (χ0v) is 10.4. The molecular weight excluding hydrogens is 268 g/mol. The molecule has 0 amide bonds. The summed E-state index contributed by atoms with van der Waals surface area (Å²) < 4.78 is 53.6. The van der Waals surface area contributed by atoms with Crippen molar-refractivity contribution in [1.82, 2.24) is 0 Å². The minimum absolute atomic E-state index is 0.400. The SMILES string of the molecule is CC(C)OC(=O)c1cc(F)cc(S(N)(=O)=O)c1F. The van der Waals surface area contributed by atoms with Crippen LogP contribution in [0.5, 0.6) is 0 Å². The van der Waals surface area contributed by atoms with Crippen LogP contribution in [0.15, 0.2) is 17.0 Å². The number of rotatable bonds is 3. The van der Waals surface area contributed by atoms with Gasteiger partial charge >= 0.3 is 5.97 Å². The number of primary sulfonamides is 1. The first-order chi connectivity index (χ1) is 8.12. The van der Waals surface area contributed by atoms with Crippen molar-refractivity contribution in [3.05, 3.63) is 29.3 Å². The molecule has 0 atom stereocenters. The molecule has 0 aliphatic carbocycles. The van der Waals surface area contributed by atoms with E-state index in [2.05, 4.69) is 4.74 Å². The first-order valence-electron chi connectivity index (χ1n) is 4.85. The standard InChI is InChI=1S/C10H11F2NO4S/c1-5(2)17-10(14)7-3-6(11)4-8(9(7)12)18(13,15)16/h3-5H,1-2H3,(H2,13,15,16). The molecule has 18 heavy (non-hydrogen) atoms. The molecule has 100 valence electrons. The lowest BCUT2D eigenvalue weighted by Gasteiger charge is -2.10. The normalized spacial score (nSPS) is 11.7. The van der Waals surface area contributed by atoms with Gasteiger partial charge in [-0.25, -0.2) is 27.1 Å². The summed E-state index contributed by atoms with van der Waals surface area (Å²) in [4.78, 5) is 10.4. The van der Waals surface area contributed by atoms with Gasteiger partial charge in [-0.2, -0.15) is 0 Å². The minimum Gasteiger partial charge on any atom is -0.459 e. The second-order valence-corrected chi connectivity index (χ2v) is 5.29. The van der Waals surface area contributed by atoms with E-state index in [0.717, 1.165) is 0 Å². The van der Waals surface area contributed by atoms with Gasteiger partial charge in [0.25, 0.3) is 0 Å². The second-order valence-electron chi connectivity index (χ2n) is 3.76. The van der Waals surface area contributed by atoms with E-state index in [1.807, 2.05) is 0 Å². The van der Waals surface area contributed by atoms with Crippen molar-refractivity contribution in [3.8, 4) is 0 Å². The third kappa shape index (κ3) is 3.23. The number of halogens is 2.